The number of hydrogen-bond donors (Lipinski definition) is 3. The molecule has 0 bridgehead atoms. The van der Waals surface area contributed by atoms with Crippen molar-refractivity contribution >= 4 is 11.7 Å². The second-order valence-corrected chi connectivity index (χ2v) is 6.36. The molecule has 0 spiro atoms. The smallest absolute Gasteiger partial charge is 0.254 e. The summed E-state index contributed by atoms with van der Waals surface area (Å²) in [5.41, 5.74) is 7.17. The minimum absolute atomic E-state index is 0.372. The molecule has 6 nitrogen and oxygen atoms in total. The van der Waals surface area contributed by atoms with E-state index in [9.17, 15) is 4.79 Å². The van der Waals surface area contributed by atoms with Crippen LogP contribution in [0.4, 0.5) is 5.82 Å². The summed E-state index contributed by atoms with van der Waals surface area (Å²) >= 11 is 0. The van der Waals surface area contributed by atoms with Gasteiger partial charge in [-0.2, -0.15) is 5.10 Å². The highest BCUT2D eigenvalue weighted by atomic mass is 16.1. The Morgan fingerprint density at radius 1 is 1.46 bits per heavy atom. The predicted octanol–water partition coefficient (Wildman–Crippen LogP) is 2.15. The summed E-state index contributed by atoms with van der Waals surface area (Å²) in [5, 5.41) is 11.3. The van der Waals surface area contributed by atoms with Gasteiger partial charge in [0.15, 0.2) is 0 Å². The first-order valence-corrected chi connectivity index (χ1v) is 8.56. The van der Waals surface area contributed by atoms with Gasteiger partial charge in [0.1, 0.15) is 11.4 Å². The van der Waals surface area contributed by atoms with Gasteiger partial charge in [-0.15, -0.1) is 0 Å². The van der Waals surface area contributed by atoms with Crippen LogP contribution in [-0.4, -0.2) is 28.8 Å². The van der Waals surface area contributed by atoms with E-state index >= 15 is 0 Å². The van der Waals surface area contributed by atoms with E-state index in [1.807, 2.05) is 10.7 Å². The molecule has 1 amide bonds. The molecule has 0 fully saturated rings. The summed E-state index contributed by atoms with van der Waals surface area (Å²) < 4.78 is 1.84. The molecule has 2 aromatic rings. The number of nitrogens with one attached hydrogen (secondary N) is 2. The van der Waals surface area contributed by atoms with E-state index in [0.29, 0.717) is 17.5 Å². The normalized spacial score (nSPS) is 17.8. The maximum atomic E-state index is 11.4. The van der Waals surface area contributed by atoms with Gasteiger partial charge < -0.3 is 16.4 Å². The van der Waals surface area contributed by atoms with Crippen LogP contribution in [0, 0.1) is 5.92 Å². The maximum Gasteiger partial charge on any atom is 0.254 e. The van der Waals surface area contributed by atoms with Crippen molar-refractivity contribution < 1.29 is 4.79 Å². The van der Waals surface area contributed by atoms with Gasteiger partial charge in [-0.1, -0.05) is 43.7 Å². The SMILES string of the molecule is CCC[C@H](NC[C@H]1CNc2c(C(N)=O)cnn2C1)c1ccccc1. The Morgan fingerprint density at radius 2 is 2.25 bits per heavy atom. The molecule has 24 heavy (non-hydrogen) atoms. The van der Waals surface area contributed by atoms with Gasteiger partial charge in [-0.05, 0) is 12.0 Å². The molecule has 0 unspecified atom stereocenters. The number of nitrogens with zero attached hydrogens (tertiary/aromatic N) is 2. The van der Waals surface area contributed by atoms with Gasteiger partial charge in [0.2, 0.25) is 0 Å². The average Bonchev–Trinajstić information content (AvgIpc) is 3.03. The van der Waals surface area contributed by atoms with Crippen LogP contribution in [0.1, 0.15) is 41.7 Å². The van der Waals surface area contributed by atoms with Crippen molar-refractivity contribution in [3.8, 4) is 0 Å². The lowest BCUT2D eigenvalue weighted by Crippen LogP contribution is -2.37. The van der Waals surface area contributed by atoms with E-state index in [0.717, 1.165) is 38.3 Å². The van der Waals surface area contributed by atoms with Crippen LogP contribution in [0.25, 0.3) is 0 Å². The number of rotatable bonds is 7. The molecule has 1 aliphatic heterocycles. The van der Waals surface area contributed by atoms with E-state index in [1.165, 1.54) is 5.56 Å². The monoisotopic (exact) mass is 327 g/mol. The second-order valence-electron chi connectivity index (χ2n) is 6.36. The first-order valence-electron chi connectivity index (χ1n) is 8.56. The van der Waals surface area contributed by atoms with Gasteiger partial charge >= 0.3 is 0 Å². The van der Waals surface area contributed by atoms with Crippen LogP contribution in [0.5, 0.6) is 0 Å². The molecule has 1 aliphatic rings. The fourth-order valence-electron chi connectivity index (χ4n) is 3.25. The van der Waals surface area contributed by atoms with E-state index in [4.69, 9.17) is 5.73 Å². The molecule has 6 heteroatoms. The van der Waals surface area contributed by atoms with Gasteiger partial charge in [0, 0.05) is 31.6 Å². The number of benzene rings is 1. The number of carbonyl (C=O) groups is 1. The quantitative estimate of drug-likeness (QED) is 0.727. The number of nitrogens with two attached hydrogens (primary N) is 1. The molecule has 128 valence electrons. The van der Waals surface area contributed by atoms with Crippen LogP contribution in [-0.2, 0) is 6.54 Å². The number of hydrogen-bond acceptors (Lipinski definition) is 4. The number of amides is 1. The maximum absolute atomic E-state index is 11.4. The van der Waals surface area contributed by atoms with Crippen molar-refractivity contribution in [1.82, 2.24) is 15.1 Å². The summed E-state index contributed by atoms with van der Waals surface area (Å²) in [5.74, 6) is 0.723. The molecule has 2 atom stereocenters. The zero-order valence-electron chi connectivity index (χ0n) is 14.0. The molecular weight excluding hydrogens is 302 g/mol. The third-order valence-corrected chi connectivity index (χ3v) is 4.53. The lowest BCUT2D eigenvalue weighted by Gasteiger charge is -2.28. The molecule has 0 saturated heterocycles. The van der Waals surface area contributed by atoms with E-state index in [1.54, 1.807) is 6.20 Å². The number of aromatic nitrogens is 2. The molecule has 3 rings (SSSR count). The number of carbonyl (C=O) groups excluding carboxylic acids is 1. The van der Waals surface area contributed by atoms with Crippen LogP contribution in [0.2, 0.25) is 0 Å². The fraction of sp³-hybridized carbons (Fsp3) is 0.444. The lowest BCUT2D eigenvalue weighted by molar-refractivity contribution is 0.100. The van der Waals surface area contributed by atoms with Crippen molar-refractivity contribution in [2.75, 3.05) is 18.4 Å². The first kappa shape index (κ1) is 16.5. The van der Waals surface area contributed by atoms with Crippen molar-refractivity contribution in [1.29, 1.82) is 0 Å². The molecule has 0 radical (unpaired) electrons. The Kier molecular flexibility index (Phi) is 5.15. The van der Waals surface area contributed by atoms with Gasteiger partial charge in [-0.3, -0.25) is 4.79 Å². The summed E-state index contributed by atoms with van der Waals surface area (Å²) in [4.78, 5) is 11.4. The standard InChI is InChI=1S/C18H25N5O/c1-2-6-16(14-7-4-3-5-8-14)20-9-13-10-21-18-15(17(19)24)11-22-23(18)12-13/h3-5,7-8,11,13,16,20-21H,2,6,9-10,12H2,1H3,(H2,19,24)/t13-,16-/m0/s1. The number of anilines is 1. The molecular formula is C18H25N5O. The second kappa shape index (κ2) is 7.49. The summed E-state index contributed by atoms with van der Waals surface area (Å²) in [6.45, 7) is 4.71. The summed E-state index contributed by atoms with van der Waals surface area (Å²) in [7, 11) is 0. The largest absolute Gasteiger partial charge is 0.369 e. The highest BCUT2D eigenvalue weighted by molar-refractivity contribution is 5.97. The van der Waals surface area contributed by atoms with Gasteiger partial charge in [-0.25, -0.2) is 4.68 Å². The lowest BCUT2D eigenvalue weighted by atomic mass is 10.0. The molecule has 2 heterocycles. The van der Waals surface area contributed by atoms with Crippen LogP contribution < -0.4 is 16.4 Å². The highest BCUT2D eigenvalue weighted by Gasteiger charge is 2.24. The van der Waals surface area contributed by atoms with Crippen molar-refractivity contribution in [2.45, 2.75) is 32.4 Å². The molecule has 0 saturated carbocycles. The van der Waals surface area contributed by atoms with Gasteiger partial charge in [0.25, 0.3) is 5.91 Å². The molecule has 0 aliphatic carbocycles. The number of primary amides is 1. The van der Waals surface area contributed by atoms with E-state index in [2.05, 4.69) is 46.9 Å². The summed E-state index contributed by atoms with van der Waals surface area (Å²) in [6.07, 6.45) is 3.80. The Hall–Kier alpha value is -2.34. The Morgan fingerprint density at radius 3 is 2.96 bits per heavy atom. The van der Waals surface area contributed by atoms with Crippen molar-refractivity contribution in [3.63, 3.8) is 0 Å². The van der Waals surface area contributed by atoms with Crippen LogP contribution in [0.15, 0.2) is 36.5 Å². The van der Waals surface area contributed by atoms with Crippen molar-refractivity contribution in [3.05, 3.63) is 47.7 Å². The van der Waals surface area contributed by atoms with E-state index < -0.39 is 5.91 Å². The molecule has 1 aromatic heterocycles. The average molecular weight is 327 g/mol. The fourth-order valence-corrected chi connectivity index (χ4v) is 3.25. The van der Waals surface area contributed by atoms with E-state index in [-0.39, 0.29) is 0 Å². The van der Waals surface area contributed by atoms with Crippen molar-refractivity contribution in [2.24, 2.45) is 11.7 Å². The topological polar surface area (TPSA) is 85.0 Å². The Balaban J connectivity index is 1.61. The zero-order valence-corrected chi connectivity index (χ0v) is 14.0. The molecule has 1 aromatic carbocycles. The Bertz CT molecular complexity index is 682. The minimum Gasteiger partial charge on any atom is -0.369 e. The third kappa shape index (κ3) is 3.59. The minimum atomic E-state index is -0.438. The third-order valence-electron chi connectivity index (χ3n) is 4.53. The van der Waals surface area contributed by atoms with Crippen LogP contribution >= 0.6 is 0 Å². The predicted molar refractivity (Wildman–Crippen MR) is 94.8 cm³/mol. The number of fused-ring (bicyclic) bond motifs is 1. The highest BCUT2D eigenvalue weighted by Crippen LogP contribution is 2.23. The van der Waals surface area contributed by atoms with Gasteiger partial charge in [0.05, 0.1) is 6.20 Å². The van der Waals surface area contributed by atoms with Crippen LogP contribution in [0.3, 0.4) is 0 Å². The molecule has 4 N–H and O–H groups in total. The summed E-state index contributed by atoms with van der Waals surface area (Å²) in [6, 6.07) is 10.9. The Labute approximate surface area is 142 Å². The first-order chi connectivity index (χ1) is 11.7. The zero-order chi connectivity index (χ0) is 16.9.